The third-order valence-electron chi connectivity index (χ3n) is 5.34. The number of carbonyl (C=O) groups is 2. The molecule has 0 saturated carbocycles. The molecule has 2 heterocycles. The number of rotatable bonds is 5. The predicted octanol–water partition coefficient (Wildman–Crippen LogP) is 3.41. The van der Waals surface area contributed by atoms with Crippen molar-refractivity contribution in [3.05, 3.63) is 52.3 Å². The van der Waals surface area contributed by atoms with E-state index in [4.69, 9.17) is 16.3 Å². The molecule has 0 radical (unpaired) electrons. The lowest BCUT2D eigenvalue weighted by Gasteiger charge is -2.41. The van der Waals surface area contributed by atoms with E-state index in [0.717, 1.165) is 17.7 Å². The fourth-order valence-corrected chi connectivity index (χ4v) is 4.05. The number of benzene rings is 1. The summed E-state index contributed by atoms with van der Waals surface area (Å²) >= 11 is 6.13. The lowest BCUT2D eigenvalue weighted by molar-refractivity contribution is -0.158. The van der Waals surface area contributed by atoms with Crippen LogP contribution in [0.5, 0.6) is 0 Å². The first-order valence-corrected chi connectivity index (χ1v) is 9.94. The van der Waals surface area contributed by atoms with E-state index in [9.17, 15) is 9.59 Å². The second-order valence-corrected chi connectivity index (χ2v) is 7.87. The second kappa shape index (κ2) is 8.35. The molecular weight excluding hydrogens is 378 g/mol. The van der Waals surface area contributed by atoms with E-state index in [1.54, 1.807) is 22.6 Å². The van der Waals surface area contributed by atoms with Gasteiger partial charge >= 0.3 is 5.97 Å². The van der Waals surface area contributed by atoms with Gasteiger partial charge in [-0.15, -0.1) is 0 Å². The van der Waals surface area contributed by atoms with Gasteiger partial charge in [0.1, 0.15) is 0 Å². The number of aromatic nitrogens is 2. The van der Waals surface area contributed by atoms with E-state index in [2.05, 4.69) is 5.10 Å². The summed E-state index contributed by atoms with van der Waals surface area (Å²) in [5, 5.41) is 4.93. The van der Waals surface area contributed by atoms with Gasteiger partial charge in [0, 0.05) is 30.9 Å². The van der Waals surface area contributed by atoms with E-state index in [-0.39, 0.29) is 11.9 Å². The molecule has 0 spiro atoms. The zero-order chi connectivity index (χ0) is 20.3. The lowest BCUT2D eigenvalue weighted by atomic mass is 9.75. The summed E-state index contributed by atoms with van der Waals surface area (Å²) in [5.74, 6) is -0.409. The Balaban J connectivity index is 1.88. The number of hydrogen-bond acceptors (Lipinski definition) is 4. The van der Waals surface area contributed by atoms with Gasteiger partial charge in [0.15, 0.2) is 5.69 Å². The van der Waals surface area contributed by atoms with Gasteiger partial charge in [-0.2, -0.15) is 5.10 Å². The summed E-state index contributed by atoms with van der Waals surface area (Å²) in [5.41, 5.74) is 1.50. The maximum absolute atomic E-state index is 13.0. The van der Waals surface area contributed by atoms with Gasteiger partial charge in [-0.25, -0.2) is 0 Å². The van der Waals surface area contributed by atoms with Gasteiger partial charge < -0.3 is 9.64 Å². The molecule has 1 aromatic carbocycles. The molecular formula is C21H26ClN3O3. The predicted molar refractivity (Wildman–Crippen MR) is 107 cm³/mol. The third-order valence-corrected chi connectivity index (χ3v) is 5.57. The molecule has 1 aliphatic rings. The van der Waals surface area contributed by atoms with Crippen molar-refractivity contribution in [2.24, 2.45) is 12.5 Å². The van der Waals surface area contributed by atoms with Crippen molar-refractivity contribution in [2.45, 2.75) is 33.1 Å². The third kappa shape index (κ3) is 4.22. The highest BCUT2D eigenvalue weighted by Gasteiger charge is 2.45. The Hall–Kier alpha value is -2.34. The largest absolute Gasteiger partial charge is 0.466 e. The number of ether oxygens (including phenoxy) is 1. The van der Waals surface area contributed by atoms with E-state index >= 15 is 0 Å². The number of hydrogen-bond donors (Lipinski definition) is 0. The maximum atomic E-state index is 13.0. The van der Waals surface area contributed by atoms with Crippen LogP contribution in [0.2, 0.25) is 5.02 Å². The average Bonchev–Trinajstić information content (AvgIpc) is 3.00. The highest BCUT2D eigenvalue weighted by Crippen LogP contribution is 2.36. The first-order valence-electron chi connectivity index (χ1n) is 9.56. The molecule has 1 amide bonds. The molecule has 1 saturated heterocycles. The van der Waals surface area contributed by atoms with Crippen LogP contribution in [0.25, 0.3) is 0 Å². The zero-order valence-electron chi connectivity index (χ0n) is 16.6. The van der Waals surface area contributed by atoms with Crippen LogP contribution in [0, 0.1) is 12.3 Å². The Morgan fingerprint density at radius 2 is 2.11 bits per heavy atom. The number of aryl methyl sites for hydroxylation is 2. The van der Waals surface area contributed by atoms with Crippen LogP contribution in [0.3, 0.4) is 0 Å². The summed E-state index contributed by atoms with van der Waals surface area (Å²) in [6.07, 6.45) is 1.89. The van der Waals surface area contributed by atoms with E-state index in [1.807, 2.05) is 38.2 Å². The molecule has 6 nitrogen and oxygen atoms in total. The van der Waals surface area contributed by atoms with Gasteiger partial charge in [0.05, 0.1) is 12.0 Å². The molecule has 1 aliphatic heterocycles. The molecule has 1 aromatic heterocycles. The topological polar surface area (TPSA) is 64.4 Å². The van der Waals surface area contributed by atoms with Crippen LogP contribution < -0.4 is 0 Å². The van der Waals surface area contributed by atoms with Crippen LogP contribution in [0.1, 0.15) is 41.5 Å². The molecule has 150 valence electrons. The molecule has 3 rings (SSSR count). The van der Waals surface area contributed by atoms with Gasteiger partial charge in [-0.3, -0.25) is 14.3 Å². The van der Waals surface area contributed by atoms with Crippen molar-refractivity contribution in [1.29, 1.82) is 0 Å². The van der Waals surface area contributed by atoms with Crippen molar-refractivity contribution >= 4 is 23.5 Å². The molecule has 7 heteroatoms. The summed E-state index contributed by atoms with van der Waals surface area (Å²) in [7, 11) is 1.81. The van der Waals surface area contributed by atoms with Crippen LogP contribution in [-0.2, 0) is 23.0 Å². The van der Waals surface area contributed by atoms with E-state index in [1.165, 1.54) is 0 Å². The Morgan fingerprint density at radius 1 is 1.32 bits per heavy atom. The fraction of sp³-hybridized carbons (Fsp3) is 0.476. The normalized spacial score (nSPS) is 19.5. The Bertz CT molecular complexity index is 860. The number of halogens is 1. The molecule has 1 fully saturated rings. The van der Waals surface area contributed by atoms with E-state index in [0.29, 0.717) is 43.3 Å². The first kappa shape index (κ1) is 20.4. The molecule has 0 aliphatic carbocycles. The van der Waals surface area contributed by atoms with Crippen molar-refractivity contribution < 1.29 is 14.3 Å². The monoisotopic (exact) mass is 403 g/mol. The molecule has 28 heavy (non-hydrogen) atoms. The van der Waals surface area contributed by atoms with Crippen molar-refractivity contribution in [3.63, 3.8) is 0 Å². The van der Waals surface area contributed by atoms with Crippen LogP contribution >= 0.6 is 11.6 Å². The maximum Gasteiger partial charge on any atom is 0.314 e. The van der Waals surface area contributed by atoms with Gasteiger partial charge in [0.25, 0.3) is 5.91 Å². The Labute approximate surface area is 170 Å². The summed E-state index contributed by atoms with van der Waals surface area (Å²) in [6.45, 7) is 4.93. The quantitative estimate of drug-likeness (QED) is 0.717. The van der Waals surface area contributed by atoms with Gasteiger partial charge in [0.2, 0.25) is 0 Å². The lowest BCUT2D eigenvalue weighted by Crippen LogP contribution is -2.51. The molecule has 2 aromatic rings. The minimum absolute atomic E-state index is 0.150. The van der Waals surface area contributed by atoms with Crippen LogP contribution in [0.15, 0.2) is 30.3 Å². The summed E-state index contributed by atoms with van der Waals surface area (Å²) < 4.78 is 7.10. The summed E-state index contributed by atoms with van der Waals surface area (Å²) in [6, 6.07) is 9.28. The fourth-order valence-electron chi connectivity index (χ4n) is 3.84. The van der Waals surface area contributed by atoms with Crippen molar-refractivity contribution in [1.82, 2.24) is 14.7 Å². The van der Waals surface area contributed by atoms with E-state index < -0.39 is 5.41 Å². The first-order chi connectivity index (χ1) is 13.3. The van der Waals surface area contributed by atoms with Crippen molar-refractivity contribution in [2.75, 3.05) is 19.7 Å². The number of piperidine rings is 1. The average molecular weight is 404 g/mol. The van der Waals surface area contributed by atoms with Crippen LogP contribution in [0.4, 0.5) is 0 Å². The molecule has 0 unspecified atom stereocenters. The Morgan fingerprint density at radius 3 is 2.75 bits per heavy atom. The number of esters is 1. The zero-order valence-corrected chi connectivity index (χ0v) is 17.3. The highest BCUT2D eigenvalue weighted by atomic mass is 35.5. The molecule has 0 bridgehead atoms. The minimum Gasteiger partial charge on any atom is -0.466 e. The number of nitrogens with zero attached hydrogens (tertiary/aromatic N) is 3. The molecule has 0 N–H and O–H groups in total. The highest BCUT2D eigenvalue weighted by molar-refractivity contribution is 6.30. The van der Waals surface area contributed by atoms with Gasteiger partial charge in [-0.05, 0) is 56.9 Å². The van der Waals surface area contributed by atoms with Crippen molar-refractivity contribution in [3.8, 4) is 0 Å². The van der Waals surface area contributed by atoms with Gasteiger partial charge in [-0.1, -0.05) is 23.7 Å². The molecule has 1 atom stereocenters. The smallest absolute Gasteiger partial charge is 0.314 e. The van der Waals surface area contributed by atoms with Crippen LogP contribution in [-0.4, -0.2) is 46.3 Å². The number of carbonyl (C=O) groups excluding carboxylic acids is 2. The standard InChI is InChI=1S/C21H26ClN3O3/c1-4-28-20(27)21(13-16-7-5-8-17(22)12-16)9-6-10-25(14-21)19(26)18-11-15(2)24(3)23-18/h5,7-8,11-12H,4,6,9-10,13-14H2,1-3H3/t21-/m1/s1. The second-order valence-electron chi connectivity index (χ2n) is 7.43. The summed E-state index contributed by atoms with van der Waals surface area (Å²) in [4.78, 5) is 27.7. The number of amides is 1. The number of likely N-dealkylation sites (tertiary alicyclic amines) is 1. The Kier molecular flexibility index (Phi) is 6.08. The minimum atomic E-state index is -0.779. The SMILES string of the molecule is CCOC(=O)[C@@]1(Cc2cccc(Cl)c2)CCCN(C(=O)c2cc(C)n(C)n2)C1.